The molecule has 1 aromatic rings. The van der Waals surface area contributed by atoms with Crippen LogP contribution in [0.5, 0.6) is 0 Å². The fourth-order valence-electron chi connectivity index (χ4n) is 3.77. The zero-order valence-electron chi connectivity index (χ0n) is 14.1. The molecule has 6 nitrogen and oxygen atoms in total. The van der Waals surface area contributed by atoms with E-state index in [0.29, 0.717) is 11.6 Å². The van der Waals surface area contributed by atoms with Gasteiger partial charge in [0.05, 0.1) is 18.3 Å². The van der Waals surface area contributed by atoms with E-state index in [-0.39, 0.29) is 24.1 Å². The Morgan fingerprint density at radius 3 is 2.88 bits per heavy atom. The molecule has 0 bridgehead atoms. The summed E-state index contributed by atoms with van der Waals surface area (Å²) in [4.78, 5) is 34.2. The number of fused-ring (bicyclic) bond motifs is 1. The Balaban J connectivity index is 1.72. The second-order valence-electron chi connectivity index (χ2n) is 6.91. The molecule has 130 valence electrons. The molecule has 1 aromatic heterocycles. The van der Waals surface area contributed by atoms with Gasteiger partial charge in [-0.05, 0) is 31.4 Å². The maximum atomic E-state index is 12.4. The number of carbonyl (C=O) groups excluding carboxylic acids is 2. The fourth-order valence-corrected chi connectivity index (χ4v) is 3.77. The van der Waals surface area contributed by atoms with Crippen LogP contribution in [0.4, 0.5) is 5.69 Å². The first kappa shape index (κ1) is 16.9. The summed E-state index contributed by atoms with van der Waals surface area (Å²) in [5, 5.41) is 1.63. The van der Waals surface area contributed by atoms with Crippen LogP contribution >= 0.6 is 0 Å². The molecule has 2 heterocycles. The topological polar surface area (TPSA) is 85.5 Å². The quantitative estimate of drug-likeness (QED) is 0.838. The van der Waals surface area contributed by atoms with E-state index in [1.54, 1.807) is 23.4 Å². The Morgan fingerprint density at radius 2 is 2.17 bits per heavy atom. The van der Waals surface area contributed by atoms with Crippen LogP contribution in [-0.4, -0.2) is 29.3 Å². The third kappa shape index (κ3) is 3.59. The van der Waals surface area contributed by atoms with Crippen LogP contribution < -0.4 is 10.8 Å². The highest BCUT2D eigenvalue weighted by Gasteiger charge is 2.37. The SMILES string of the molecule is CC(CC1CCCCC1)ON1CC(C(N)=O)C(=O)c2ncccc21. The van der Waals surface area contributed by atoms with E-state index in [0.717, 1.165) is 6.42 Å². The molecule has 1 aliphatic carbocycles. The Kier molecular flexibility index (Phi) is 5.14. The number of anilines is 1. The monoisotopic (exact) mass is 331 g/mol. The van der Waals surface area contributed by atoms with Crippen molar-refractivity contribution in [2.24, 2.45) is 17.6 Å². The zero-order valence-corrected chi connectivity index (χ0v) is 14.1. The van der Waals surface area contributed by atoms with E-state index >= 15 is 0 Å². The third-order valence-electron chi connectivity index (χ3n) is 4.99. The van der Waals surface area contributed by atoms with E-state index < -0.39 is 11.8 Å². The number of hydrogen-bond acceptors (Lipinski definition) is 5. The van der Waals surface area contributed by atoms with Crippen LogP contribution in [0.15, 0.2) is 18.3 Å². The van der Waals surface area contributed by atoms with Gasteiger partial charge in [0.1, 0.15) is 11.6 Å². The molecule has 3 rings (SSSR count). The maximum absolute atomic E-state index is 12.4. The van der Waals surface area contributed by atoms with Crippen molar-refractivity contribution >= 4 is 17.4 Å². The molecule has 2 N–H and O–H groups in total. The molecule has 2 aliphatic rings. The first-order chi connectivity index (χ1) is 11.6. The number of aromatic nitrogens is 1. The summed E-state index contributed by atoms with van der Waals surface area (Å²) >= 11 is 0. The van der Waals surface area contributed by atoms with Crippen LogP contribution in [-0.2, 0) is 9.63 Å². The van der Waals surface area contributed by atoms with Gasteiger partial charge in [0.2, 0.25) is 5.91 Å². The molecule has 1 saturated carbocycles. The van der Waals surface area contributed by atoms with E-state index in [2.05, 4.69) is 4.98 Å². The molecule has 1 amide bonds. The Hall–Kier alpha value is -1.95. The Labute approximate surface area is 142 Å². The summed E-state index contributed by atoms with van der Waals surface area (Å²) in [6, 6.07) is 3.56. The van der Waals surface area contributed by atoms with Gasteiger partial charge < -0.3 is 5.73 Å². The average Bonchev–Trinajstić information content (AvgIpc) is 2.58. The predicted molar refractivity (Wildman–Crippen MR) is 90.3 cm³/mol. The van der Waals surface area contributed by atoms with Gasteiger partial charge in [-0.3, -0.25) is 24.5 Å². The molecule has 1 aliphatic heterocycles. The summed E-state index contributed by atoms with van der Waals surface area (Å²) in [5.41, 5.74) is 6.27. The maximum Gasteiger partial charge on any atom is 0.230 e. The lowest BCUT2D eigenvalue weighted by Crippen LogP contribution is -2.46. The van der Waals surface area contributed by atoms with Crippen molar-refractivity contribution in [3.63, 3.8) is 0 Å². The summed E-state index contributed by atoms with van der Waals surface area (Å²) in [7, 11) is 0. The molecule has 2 unspecified atom stereocenters. The lowest BCUT2D eigenvalue weighted by molar-refractivity contribution is -0.121. The van der Waals surface area contributed by atoms with Gasteiger partial charge in [-0.15, -0.1) is 0 Å². The van der Waals surface area contributed by atoms with Gasteiger partial charge in [-0.1, -0.05) is 32.1 Å². The number of nitrogens with two attached hydrogens (primary N) is 1. The van der Waals surface area contributed by atoms with Crippen molar-refractivity contribution in [2.75, 3.05) is 11.6 Å². The highest BCUT2D eigenvalue weighted by Crippen LogP contribution is 2.31. The molecule has 2 atom stereocenters. The molecule has 24 heavy (non-hydrogen) atoms. The summed E-state index contributed by atoms with van der Waals surface area (Å²) in [5.74, 6) is -1.17. The number of hydroxylamine groups is 1. The van der Waals surface area contributed by atoms with Gasteiger partial charge in [-0.2, -0.15) is 0 Å². The van der Waals surface area contributed by atoms with Crippen molar-refractivity contribution < 1.29 is 14.4 Å². The normalized spacial score (nSPS) is 23.0. The van der Waals surface area contributed by atoms with Crippen molar-refractivity contribution in [3.05, 3.63) is 24.0 Å². The molecule has 6 heteroatoms. The van der Waals surface area contributed by atoms with Crippen molar-refractivity contribution in [2.45, 2.75) is 51.6 Å². The van der Waals surface area contributed by atoms with Crippen LogP contribution in [0.1, 0.15) is 55.9 Å². The number of primary amides is 1. The second-order valence-corrected chi connectivity index (χ2v) is 6.91. The highest BCUT2D eigenvalue weighted by molar-refractivity contribution is 6.13. The number of nitrogens with zero attached hydrogens (tertiary/aromatic N) is 2. The number of hydrogen-bond donors (Lipinski definition) is 1. The van der Waals surface area contributed by atoms with Crippen molar-refractivity contribution in [1.29, 1.82) is 0 Å². The molecule has 0 radical (unpaired) electrons. The Bertz CT molecular complexity index is 613. The molecular weight excluding hydrogens is 306 g/mol. The lowest BCUT2D eigenvalue weighted by Gasteiger charge is -2.35. The summed E-state index contributed by atoms with van der Waals surface area (Å²) < 4.78 is 0. The highest BCUT2D eigenvalue weighted by atomic mass is 16.7. The largest absolute Gasteiger partial charge is 0.369 e. The number of rotatable bonds is 5. The summed E-state index contributed by atoms with van der Waals surface area (Å²) in [6.07, 6.45) is 8.99. The van der Waals surface area contributed by atoms with E-state index in [1.165, 1.54) is 32.1 Å². The molecule has 1 fully saturated rings. The minimum absolute atomic E-state index is 0.0166. The minimum atomic E-state index is -0.908. The van der Waals surface area contributed by atoms with E-state index in [1.807, 2.05) is 6.92 Å². The Morgan fingerprint density at radius 1 is 1.42 bits per heavy atom. The number of carbonyl (C=O) groups is 2. The van der Waals surface area contributed by atoms with Crippen molar-refractivity contribution in [1.82, 2.24) is 4.98 Å². The van der Waals surface area contributed by atoms with Gasteiger partial charge in [0, 0.05) is 6.20 Å². The van der Waals surface area contributed by atoms with Gasteiger partial charge in [0.25, 0.3) is 0 Å². The predicted octanol–water partition coefficient (Wildman–Crippen LogP) is 2.48. The standard InChI is InChI=1S/C18H25N3O3/c1-12(10-13-6-3-2-4-7-13)24-21-11-14(18(19)23)17(22)16-15(21)8-5-9-20-16/h5,8-9,12-14H,2-4,6-7,10-11H2,1H3,(H2,19,23). The van der Waals surface area contributed by atoms with Crippen LogP contribution in [0.25, 0.3) is 0 Å². The van der Waals surface area contributed by atoms with Gasteiger partial charge in [0.15, 0.2) is 5.78 Å². The van der Waals surface area contributed by atoms with Gasteiger partial charge >= 0.3 is 0 Å². The van der Waals surface area contributed by atoms with E-state index in [4.69, 9.17) is 10.6 Å². The number of amides is 1. The van der Waals surface area contributed by atoms with Gasteiger partial charge in [-0.25, -0.2) is 0 Å². The summed E-state index contributed by atoms with van der Waals surface area (Å²) in [6.45, 7) is 2.20. The van der Waals surface area contributed by atoms with Crippen LogP contribution in [0, 0.1) is 11.8 Å². The second kappa shape index (κ2) is 7.30. The molecule has 0 saturated heterocycles. The smallest absolute Gasteiger partial charge is 0.230 e. The van der Waals surface area contributed by atoms with Crippen molar-refractivity contribution in [3.8, 4) is 0 Å². The number of pyridine rings is 1. The number of Topliss-reactive ketones (excluding diaryl/α,β-unsaturated/α-hetero) is 1. The first-order valence-corrected chi connectivity index (χ1v) is 8.79. The van der Waals surface area contributed by atoms with Crippen LogP contribution in [0.2, 0.25) is 0 Å². The fraction of sp³-hybridized carbons (Fsp3) is 0.611. The molecular formula is C18H25N3O3. The lowest BCUT2D eigenvalue weighted by atomic mass is 9.86. The van der Waals surface area contributed by atoms with E-state index in [9.17, 15) is 9.59 Å². The first-order valence-electron chi connectivity index (χ1n) is 8.79. The molecule has 0 spiro atoms. The minimum Gasteiger partial charge on any atom is -0.369 e. The number of ketones is 1. The molecule has 0 aromatic carbocycles. The third-order valence-corrected chi connectivity index (χ3v) is 4.99. The zero-order chi connectivity index (χ0) is 17.1. The van der Waals surface area contributed by atoms with Crippen LogP contribution in [0.3, 0.4) is 0 Å². The average molecular weight is 331 g/mol.